The molecule has 150 valence electrons. The topological polar surface area (TPSA) is 67.9 Å². The molecule has 2 aromatic rings. The van der Waals surface area contributed by atoms with Crippen molar-refractivity contribution in [2.75, 3.05) is 18.1 Å². The molecule has 29 heavy (non-hydrogen) atoms. The summed E-state index contributed by atoms with van der Waals surface area (Å²) in [7, 11) is 0. The molecular formula is C21H19BrN2O4S. The molecule has 3 rings (SSSR count). The van der Waals surface area contributed by atoms with Crippen LogP contribution >= 0.6 is 28.1 Å². The van der Waals surface area contributed by atoms with Gasteiger partial charge in [0.2, 0.25) is 0 Å². The first-order chi connectivity index (χ1) is 13.9. The quantitative estimate of drug-likeness (QED) is 0.388. The molecule has 1 saturated heterocycles. The molecule has 1 N–H and O–H groups in total. The number of rotatable bonds is 6. The van der Waals surface area contributed by atoms with Crippen LogP contribution in [0.15, 0.2) is 52.5 Å². The highest BCUT2D eigenvalue weighted by molar-refractivity contribution is 9.10. The molecule has 2 aromatic carbocycles. The van der Waals surface area contributed by atoms with Crippen molar-refractivity contribution in [1.82, 2.24) is 5.32 Å². The summed E-state index contributed by atoms with van der Waals surface area (Å²) in [5.41, 5.74) is 1.12. The highest BCUT2D eigenvalue weighted by atomic mass is 79.9. The predicted octanol–water partition coefficient (Wildman–Crippen LogP) is 4.08. The zero-order chi connectivity index (χ0) is 21.0. The van der Waals surface area contributed by atoms with Crippen molar-refractivity contribution in [3.8, 4) is 11.5 Å². The minimum atomic E-state index is -0.551. The van der Waals surface area contributed by atoms with E-state index in [0.29, 0.717) is 36.0 Å². The summed E-state index contributed by atoms with van der Waals surface area (Å²) in [5, 5.41) is 2.62. The number of carbonyl (C=O) groups excluding carboxylic acids is 2. The Morgan fingerprint density at radius 3 is 2.41 bits per heavy atom. The second kappa shape index (κ2) is 9.19. The molecule has 1 aliphatic heterocycles. The van der Waals surface area contributed by atoms with Crippen molar-refractivity contribution >= 4 is 56.8 Å². The van der Waals surface area contributed by atoms with Crippen molar-refractivity contribution in [2.45, 2.75) is 13.8 Å². The van der Waals surface area contributed by atoms with E-state index in [4.69, 9.17) is 21.7 Å². The van der Waals surface area contributed by atoms with Crippen molar-refractivity contribution in [2.24, 2.45) is 0 Å². The van der Waals surface area contributed by atoms with Gasteiger partial charge in [-0.1, -0.05) is 15.9 Å². The van der Waals surface area contributed by atoms with Gasteiger partial charge in [-0.3, -0.25) is 19.8 Å². The summed E-state index contributed by atoms with van der Waals surface area (Å²) in [6, 6.07) is 12.3. The van der Waals surface area contributed by atoms with Gasteiger partial charge in [-0.2, -0.15) is 0 Å². The Kier molecular flexibility index (Phi) is 6.66. The summed E-state index contributed by atoms with van der Waals surface area (Å²) >= 11 is 8.58. The molecule has 1 aliphatic rings. The van der Waals surface area contributed by atoms with Crippen LogP contribution in [-0.4, -0.2) is 30.1 Å². The molecule has 0 unspecified atom stereocenters. The van der Waals surface area contributed by atoms with Crippen LogP contribution in [0.25, 0.3) is 6.08 Å². The van der Waals surface area contributed by atoms with Crippen LogP contribution in [0.2, 0.25) is 0 Å². The molecule has 0 aliphatic carbocycles. The van der Waals surface area contributed by atoms with Crippen molar-refractivity contribution in [3.05, 3.63) is 58.1 Å². The van der Waals surface area contributed by atoms with Gasteiger partial charge in [0.15, 0.2) is 5.11 Å². The normalized spacial score (nSPS) is 15.5. The van der Waals surface area contributed by atoms with E-state index in [9.17, 15) is 9.59 Å². The first-order valence-corrected chi connectivity index (χ1v) is 10.2. The minimum Gasteiger partial charge on any atom is -0.494 e. The fraction of sp³-hybridized carbons (Fsp3) is 0.190. The van der Waals surface area contributed by atoms with Crippen LogP contribution in [0, 0.1) is 0 Å². The van der Waals surface area contributed by atoms with Gasteiger partial charge in [0.05, 0.1) is 18.9 Å². The van der Waals surface area contributed by atoms with Crippen LogP contribution in [0.5, 0.6) is 11.5 Å². The number of halogens is 1. The Hall–Kier alpha value is -2.71. The Bertz CT molecular complexity index is 989. The maximum absolute atomic E-state index is 13.1. The first kappa shape index (κ1) is 21.0. The van der Waals surface area contributed by atoms with Crippen LogP contribution in [0.1, 0.15) is 19.4 Å². The smallest absolute Gasteiger partial charge is 0.270 e. The maximum Gasteiger partial charge on any atom is 0.270 e. The molecule has 0 atom stereocenters. The van der Waals surface area contributed by atoms with Crippen LogP contribution in [0.3, 0.4) is 0 Å². The van der Waals surface area contributed by atoms with E-state index in [1.54, 1.807) is 42.5 Å². The van der Waals surface area contributed by atoms with E-state index < -0.39 is 11.8 Å². The number of amides is 2. The third-order valence-electron chi connectivity index (χ3n) is 4.08. The number of ether oxygens (including phenoxy) is 2. The first-order valence-electron chi connectivity index (χ1n) is 9.01. The fourth-order valence-corrected chi connectivity index (χ4v) is 3.35. The van der Waals surface area contributed by atoms with Crippen LogP contribution in [0.4, 0.5) is 5.69 Å². The molecule has 1 heterocycles. The molecule has 8 heteroatoms. The second-order valence-corrected chi connectivity index (χ2v) is 7.30. The largest absolute Gasteiger partial charge is 0.494 e. The van der Waals surface area contributed by atoms with E-state index in [1.165, 1.54) is 11.0 Å². The minimum absolute atomic E-state index is 0.0355. The Morgan fingerprint density at radius 2 is 1.76 bits per heavy atom. The van der Waals surface area contributed by atoms with Crippen LogP contribution in [-0.2, 0) is 9.59 Å². The molecule has 6 nitrogen and oxygen atoms in total. The van der Waals surface area contributed by atoms with Crippen LogP contribution < -0.4 is 19.7 Å². The number of thiocarbonyl (C=S) groups is 1. The van der Waals surface area contributed by atoms with E-state index in [-0.39, 0.29) is 10.7 Å². The Morgan fingerprint density at radius 1 is 1.07 bits per heavy atom. The van der Waals surface area contributed by atoms with E-state index in [0.717, 1.165) is 4.47 Å². The monoisotopic (exact) mass is 474 g/mol. The molecule has 0 spiro atoms. The van der Waals surface area contributed by atoms with Gasteiger partial charge >= 0.3 is 0 Å². The van der Waals surface area contributed by atoms with Crippen molar-refractivity contribution < 1.29 is 19.1 Å². The average Bonchev–Trinajstić information content (AvgIpc) is 2.68. The molecule has 0 radical (unpaired) electrons. The lowest BCUT2D eigenvalue weighted by Crippen LogP contribution is -2.54. The van der Waals surface area contributed by atoms with Gasteiger partial charge in [-0.25, -0.2) is 0 Å². The zero-order valence-electron chi connectivity index (χ0n) is 15.9. The summed E-state index contributed by atoms with van der Waals surface area (Å²) in [6.07, 6.45) is 1.51. The second-order valence-electron chi connectivity index (χ2n) is 6.00. The number of hydrogen-bond acceptors (Lipinski definition) is 5. The summed E-state index contributed by atoms with van der Waals surface area (Å²) in [4.78, 5) is 26.9. The number of carbonyl (C=O) groups is 2. The van der Waals surface area contributed by atoms with Gasteiger partial charge in [-0.05, 0) is 68.5 Å². The third kappa shape index (κ3) is 4.65. The van der Waals surface area contributed by atoms with Gasteiger partial charge in [-0.15, -0.1) is 0 Å². The molecule has 1 fully saturated rings. The van der Waals surface area contributed by atoms with E-state index in [1.807, 2.05) is 13.8 Å². The highest BCUT2D eigenvalue weighted by Crippen LogP contribution is 2.29. The molecule has 0 bridgehead atoms. The number of anilines is 1. The summed E-state index contributed by atoms with van der Waals surface area (Å²) < 4.78 is 12.0. The number of nitrogens with zero attached hydrogens (tertiary/aromatic N) is 1. The fourth-order valence-electron chi connectivity index (χ4n) is 2.81. The summed E-state index contributed by atoms with van der Waals surface area (Å²) in [6.45, 7) is 4.70. The van der Waals surface area contributed by atoms with E-state index in [2.05, 4.69) is 21.2 Å². The molecule has 0 saturated carbocycles. The molecular weight excluding hydrogens is 456 g/mol. The molecule has 2 amide bonds. The number of hydrogen-bond donors (Lipinski definition) is 1. The summed E-state index contributed by atoms with van der Waals surface area (Å²) in [5.74, 6) is 0.118. The average molecular weight is 475 g/mol. The van der Waals surface area contributed by atoms with Gasteiger partial charge in [0, 0.05) is 16.1 Å². The Labute approximate surface area is 182 Å². The van der Waals surface area contributed by atoms with Gasteiger partial charge < -0.3 is 9.47 Å². The third-order valence-corrected chi connectivity index (χ3v) is 4.90. The Balaban J connectivity index is 2.01. The lowest BCUT2D eigenvalue weighted by atomic mass is 10.1. The number of benzene rings is 2. The number of nitrogens with one attached hydrogen (secondary N) is 1. The SMILES string of the molecule is CCOc1ccc(/C=C2/C(=O)NC(=S)N(c3ccc(Br)cc3)C2=O)c(OCC)c1. The maximum atomic E-state index is 13.1. The standard InChI is InChI=1S/C21H19BrN2O4S/c1-3-27-16-10-5-13(18(12-16)28-4-2)11-17-19(25)23-21(29)24(20(17)26)15-8-6-14(22)7-9-15/h5-12H,3-4H2,1-2H3,(H,23,25,29)/b17-11-. The lowest BCUT2D eigenvalue weighted by molar-refractivity contribution is -0.122. The predicted molar refractivity (Wildman–Crippen MR) is 119 cm³/mol. The van der Waals surface area contributed by atoms with E-state index >= 15 is 0 Å². The molecule has 0 aromatic heterocycles. The van der Waals surface area contributed by atoms with Crippen molar-refractivity contribution in [1.29, 1.82) is 0 Å². The van der Waals surface area contributed by atoms with Crippen molar-refractivity contribution in [3.63, 3.8) is 0 Å². The highest BCUT2D eigenvalue weighted by Gasteiger charge is 2.34. The zero-order valence-corrected chi connectivity index (χ0v) is 18.3. The van der Waals surface area contributed by atoms with Gasteiger partial charge in [0.25, 0.3) is 11.8 Å². The lowest BCUT2D eigenvalue weighted by Gasteiger charge is -2.29. The van der Waals surface area contributed by atoms with Gasteiger partial charge in [0.1, 0.15) is 17.1 Å².